The zero-order chi connectivity index (χ0) is 15.8. The Kier molecular flexibility index (Phi) is 6.88. The molecule has 4 nitrogen and oxygen atoms in total. The van der Waals surface area contributed by atoms with Gasteiger partial charge in [0.2, 0.25) is 0 Å². The average molecular weight is 349 g/mol. The molecule has 0 bridgehead atoms. The third-order valence-electron chi connectivity index (χ3n) is 2.68. The lowest BCUT2D eigenvalue weighted by atomic mass is 10.2. The lowest BCUT2D eigenvalue weighted by Gasteiger charge is -1.96. The molecule has 2 aromatic heterocycles. The lowest BCUT2D eigenvalue weighted by molar-refractivity contribution is 0.100. The van der Waals surface area contributed by atoms with Crippen LogP contribution < -0.4 is 0 Å². The van der Waals surface area contributed by atoms with Gasteiger partial charge in [0, 0.05) is 30.7 Å². The first kappa shape index (κ1) is 17.2. The minimum atomic E-state index is -0.00694. The molecule has 0 aromatic carbocycles. The first-order valence-electron chi connectivity index (χ1n) is 6.52. The predicted octanol–water partition coefficient (Wildman–Crippen LogP) is 3.89. The standard InChI is InChI=1S/C9H11NO.C7H6BrNO/c1-3-8-4-5-9(7(2)11)10-6-8;1-5(10)7-3-2-6(8)4-9-7/h4-6H,3H2,1-2H3;2-4H,1H3. The Labute approximate surface area is 132 Å². The Balaban J connectivity index is 0.000000211. The van der Waals surface area contributed by atoms with Crippen molar-refractivity contribution < 1.29 is 9.59 Å². The minimum Gasteiger partial charge on any atom is -0.293 e. The van der Waals surface area contributed by atoms with Crippen LogP contribution in [0.2, 0.25) is 0 Å². The summed E-state index contributed by atoms with van der Waals surface area (Å²) in [7, 11) is 0. The monoisotopic (exact) mass is 348 g/mol. The molecule has 0 unspecified atom stereocenters. The third-order valence-corrected chi connectivity index (χ3v) is 3.15. The topological polar surface area (TPSA) is 59.9 Å². The van der Waals surface area contributed by atoms with Crippen molar-refractivity contribution in [1.29, 1.82) is 0 Å². The van der Waals surface area contributed by atoms with Crippen LogP contribution in [0.15, 0.2) is 41.1 Å². The fraction of sp³-hybridized carbons (Fsp3) is 0.250. The van der Waals surface area contributed by atoms with Gasteiger partial charge in [0.1, 0.15) is 11.4 Å². The number of carbonyl (C=O) groups excluding carboxylic acids is 2. The zero-order valence-electron chi connectivity index (χ0n) is 12.3. The quantitative estimate of drug-likeness (QED) is 0.789. The van der Waals surface area contributed by atoms with Crippen molar-refractivity contribution in [3.05, 3.63) is 58.1 Å². The first-order valence-corrected chi connectivity index (χ1v) is 7.31. The Morgan fingerprint density at radius 1 is 0.952 bits per heavy atom. The van der Waals surface area contributed by atoms with E-state index in [2.05, 4.69) is 32.8 Å². The van der Waals surface area contributed by atoms with Crippen molar-refractivity contribution in [2.24, 2.45) is 0 Å². The van der Waals surface area contributed by atoms with E-state index in [1.165, 1.54) is 13.8 Å². The van der Waals surface area contributed by atoms with Gasteiger partial charge >= 0.3 is 0 Å². The van der Waals surface area contributed by atoms with Gasteiger partial charge in [-0.05, 0) is 46.1 Å². The molecule has 0 saturated carbocycles. The molecule has 0 aliphatic carbocycles. The molecule has 0 N–H and O–H groups in total. The number of Topliss-reactive ketones (excluding diaryl/α,β-unsaturated/α-hetero) is 2. The Morgan fingerprint density at radius 3 is 1.81 bits per heavy atom. The summed E-state index contributed by atoms with van der Waals surface area (Å²) in [5, 5.41) is 0. The van der Waals surface area contributed by atoms with Crippen LogP contribution in [0.5, 0.6) is 0 Å². The van der Waals surface area contributed by atoms with Crippen LogP contribution >= 0.6 is 15.9 Å². The highest BCUT2D eigenvalue weighted by atomic mass is 79.9. The van der Waals surface area contributed by atoms with E-state index in [-0.39, 0.29) is 11.6 Å². The van der Waals surface area contributed by atoms with E-state index in [0.29, 0.717) is 11.4 Å². The molecular formula is C16H17BrN2O2. The van der Waals surface area contributed by atoms with Gasteiger partial charge in [-0.3, -0.25) is 19.6 Å². The average Bonchev–Trinajstić information content (AvgIpc) is 2.48. The number of pyridine rings is 2. The van der Waals surface area contributed by atoms with E-state index >= 15 is 0 Å². The SMILES string of the molecule is CC(=O)c1ccc(Br)cn1.CCc1ccc(C(C)=O)nc1. The maximum Gasteiger partial charge on any atom is 0.178 e. The van der Waals surface area contributed by atoms with Crippen LogP contribution in [0.1, 0.15) is 47.3 Å². The van der Waals surface area contributed by atoms with Crippen LogP contribution in [0, 0.1) is 0 Å². The second kappa shape index (κ2) is 8.42. The molecule has 2 heterocycles. The summed E-state index contributed by atoms with van der Waals surface area (Å²) in [6.45, 7) is 5.08. The molecule has 0 aliphatic heterocycles. The summed E-state index contributed by atoms with van der Waals surface area (Å²) in [6.07, 6.45) is 4.32. The van der Waals surface area contributed by atoms with Crippen LogP contribution in [0.25, 0.3) is 0 Å². The fourth-order valence-electron chi connectivity index (χ4n) is 1.43. The van der Waals surface area contributed by atoms with Gasteiger partial charge in [-0.2, -0.15) is 0 Å². The first-order chi connectivity index (χ1) is 9.93. The molecule has 0 amide bonds. The number of rotatable bonds is 3. The highest BCUT2D eigenvalue weighted by Gasteiger charge is 1.98. The second-order valence-corrected chi connectivity index (χ2v) is 5.29. The number of nitrogens with zero attached hydrogens (tertiary/aromatic N) is 2. The molecule has 0 fully saturated rings. The van der Waals surface area contributed by atoms with Crippen molar-refractivity contribution in [1.82, 2.24) is 9.97 Å². The molecule has 0 radical (unpaired) electrons. The normalized spacial score (nSPS) is 9.52. The molecular weight excluding hydrogens is 332 g/mol. The summed E-state index contributed by atoms with van der Waals surface area (Å²) in [5.41, 5.74) is 2.21. The summed E-state index contributed by atoms with van der Waals surface area (Å²) in [4.78, 5) is 29.3. The molecule has 2 rings (SSSR count). The van der Waals surface area contributed by atoms with Crippen molar-refractivity contribution in [2.45, 2.75) is 27.2 Å². The molecule has 0 atom stereocenters. The van der Waals surface area contributed by atoms with Gasteiger partial charge in [0.05, 0.1) is 0 Å². The summed E-state index contributed by atoms with van der Waals surface area (Å²) in [6, 6.07) is 7.18. The second-order valence-electron chi connectivity index (χ2n) is 4.38. The van der Waals surface area contributed by atoms with E-state index in [0.717, 1.165) is 16.5 Å². The Morgan fingerprint density at radius 2 is 1.48 bits per heavy atom. The number of hydrogen-bond acceptors (Lipinski definition) is 4. The van der Waals surface area contributed by atoms with E-state index < -0.39 is 0 Å². The summed E-state index contributed by atoms with van der Waals surface area (Å²) in [5.74, 6) is 0.0140. The zero-order valence-corrected chi connectivity index (χ0v) is 13.8. The molecule has 0 aliphatic rings. The summed E-state index contributed by atoms with van der Waals surface area (Å²) < 4.78 is 0.887. The molecule has 5 heteroatoms. The van der Waals surface area contributed by atoms with Crippen LogP contribution in [-0.4, -0.2) is 21.5 Å². The molecule has 2 aromatic rings. The number of hydrogen-bond donors (Lipinski definition) is 0. The molecule has 0 spiro atoms. The van der Waals surface area contributed by atoms with E-state index in [4.69, 9.17) is 0 Å². The number of ketones is 2. The predicted molar refractivity (Wildman–Crippen MR) is 85.6 cm³/mol. The Hall–Kier alpha value is -1.88. The van der Waals surface area contributed by atoms with Gasteiger partial charge < -0.3 is 0 Å². The van der Waals surface area contributed by atoms with E-state index in [9.17, 15) is 9.59 Å². The largest absolute Gasteiger partial charge is 0.293 e. The smallest absolute Gasteiger partial charge is 0.178 e. The van der Waals surface area contributed by atoms with Crippen molar-refractivity contribution >= 4 is 27.5 Å². The number of aromatic nitrogens is 2. The minimum absolute atomic E-state index is 0.00694. The third kappa shape index (κ3) is 5.95. The number of carbonyl (C=O) groups is 2. The van der Waals surface area contributed by atoms with E-state index in [1.807, 2.05) is 6.07 Å². The van der Waals surface area contributed by atoms with Crippen LogP contribution in [-0.2, 0) is 6.42 Å². The van der Waals surface area contributed by atoms with Gasteiger partial charge in [-0.25, -0.2) is 0 Å². The molecule has 21 heavy (non-hydrogen) atoms. The number of halogens is 1. The molecule has 110 valence electrons. The molecule has 0 saturated heterocycles. The van der Waals surface area contributed by atoms with Gasteiger partial charge in [0.15, 0.2) is 11.6 Å². The highest BCUT2D eigenvalue weighted by Crippen LogP contribution is 2.07. The van der Waals surface area contributed by atoms with Crippen LogP contribution in [0.4, 0.5) is 0 Å². The van der Waals surface area contributed by atoms with Gasteiger partial charge in [0.25, 0.3) is 0 Å². The van der Waals surface area contributed by atoms with Crippen LogP contribution in [0.3, 0.4) is 0 Å². The van der Waals surface area contributed by atoms with Crippen molar-refractivity contribution in [3.63, 3.8) is 0 Å². The highest BCUT2D eigenvalue weighted by molar-refractivity contribution is 9.10. The summed E-state index contributed by atoms with van der Waals surface area (Å²) >= 11 is 3.22. The maximum atomic E-state index is 10.8. The van der Waals surface area contributed by atoms with Crippen molar-refractivity contribution in [2.75, 3.05) is 0 Å². The van der Waals surface area contributed by atoms with Gasteiger partial charge in [-0.1, -0.05) is 13.0 Å². The van der Waals surface area contributed by atoms with E-state index in [1.54, 1.807) is 30.6 Å². The van der Waals surface area contributed by atoms with Gasteiger partial charge in [-0.15, -0.1) is 0 Å². The van der Waals surface area contributed by atoms with Crippen molar-refractivity contribution in [3.8, 4) is 0 Å². The number of aryl methyl sites for hydroxylation is 1. The maximum absolute atomic E-state index is 10.8. The fourth-order valence-corrected chi connectivity index (χ4v) is 1.66. The Bertz CT molecular complexity index is 607. The lowest BCUT2D eigenvalue weighted by Crippen LogP contribution is -1.96.